The van der Waals surface area contributed by atoms with Crippen molar-refractivity contribution in [2.24, 2.45) is 39.8 Å². The van der Waals surface area contributed by atoms with Gasteiger partial charge in [0.05, 0.1) is 12.7 Å². The summed E-state index contributed by atoms with van der Waals surface area (Å²) < 4.78 is 0. The first-order valence-corrected chi connectivity index (χ1v) is 20.7. The van der Waals surface area contributed by atoms with Gasteiger partial charge in [-0.1, -0.05) is 59.6 Å². The van der Waals surface area contributed by atoms with Gasteiger partial charge in [0.2, 0.25) is 0 Å². The molecule has 0 unspecified atom stereocenters. The van der Waals surface area contributed by atoms with E-state index in [1.54, 1.807) is 0 Å². The third-order valence-electron chi connectivity index (χ3n) is 7.96. The predicted molar refractivity (Wildman–Crippen MR) is 162 cm³/mol. The summed E-state index contributed by atoms with van der Waals surface area (Å²) in [5, 5.41) is 13.4. The van der Waals surface area contributed by atoms with Gasteiger partial charge in [-0.05, 0) is 55.3 Å². The SMILES string of the molecule is C=CCN1C=NN([C@H]2C[C@H](C)CC[C@H]2C(C)C)[CH-]1.C=CCN1C=NN([C@H]2C[C@H](C)CC[C@H]2C)[CH-]1.[Br][Pd][Br]. The molecule has 0 saturated heterocycles. The van der Waals surface area contributed by atoms with Gasteiger partial charge < -0.3 is 19.8 Å². The Bertz CT molecular complexity index is 735. The molecule has 0 spiro atoms. The van der Waals surface area contributed by atoms with Crippen molar-refractivity contribution in [2.45, 2.75) is 85.2 Å². The van der Waals surface area contributed by atoms with E-state index < -0.39 is 0 Å². The van der Waals surface area contributed by atoms with Gasteiger partial charge in [-0.25, -0.2) is 10.2 Å². The van der Waals surface area contributed by atoms with Crippen molar-refractivity contribution in [3.05, 3.63) is 38.6 Å². The molecule has 6 nitrogen and oxygen atoms in total. The summed E-state index contributed by atoms with van der Waals surface area (Å²) in [5.74, 6) is 3.89. The van der Waals surface area contributed by atoms with Crippen molar-refractivity contribution in [3.63, 3.8) is 0 Å². The van der Waals surface area contributed by atoms with Crippen LogP contribution in [-0.4, -0.2) is 57.7 Å². The average molecular weight is 735 g/mol. The van der Waals surface area contributed by atoms with Crippen LogP contribution in [0, 0.1) is 42.9 Å². The molecule has 216 valence electrons. The second-order valence-electron chi connectivity index (χ2n) is 11.3. The van der Waals surface area contributed by atoms with E-state index >= 15 is 0 Å². The Morgan fingerprint density at radius 2 is 1.32 bits per heavy atom. The number of nitrogens with zero attached hydrogens (tertiary/aromatic N) is 6. The Morgan fingerprint density at radius 1 is 0.865 bits per heavy atom. The van der Waals surface area contributed by atoms with Crippen LogP contribution in [0.1, 0.15) is 73.1 Å². The van der Waals surface area contributed by atoms with Crippen molar-refractivity contribution < 1.29 is 13.9 Å². The Labute approximate surface area is 248 Å². The molecule has 0 aromatic rings. The van der Waals surface area contributed by atoms with Crippen molar-refractivity contribution in [3.8, 4) is 0 Å². The van der Waals surface area contributed by atoms with E-state index in [0.29, 0.717) is 26.0 Å². The molecule has 0 amide bonds. The second-order valence-corrected chi connectivity index (χ2v) is 18.5. The molecule has 0 N–H and O–H groups in total. The summed E-state index contributed by atoms with van der Waals surface area (Å²) in [6.07, 6.45) is 15.5. The summed E-state index contributed by atoms with van der Waals surface area (Å²) in [5.41, 5.74) is 0. The number of hydrazone groups is 2. The van der Waals surface area contributed by atoms with Crippen molar-refractivity contribution in [2.75, 3.05) is 13.1 Å². The van der Waals surface area contributed by atoms with Gasteiger partial charge in [0.1, 0.15) is 0 Å². The fourth-order valence-corrected chi connectivity index (χ4v) is 5.83. The van der Waals surface area contributed by atoms with Crippen molar-refractivity contribution in [1.82, 2.24) is 19.8 Å². The van der Waals surface area contributed by atoms with Gasteiger partial charge in [-0.15, -0.1) is 26.5 Å². The molecule has 2 saturated carbocycles. The van der Waals surface area contributed by atoms with Crippen molar-refractivity contribution in [1.29, 1.82) is 0 Å². The zero-order chi connectivity index (χ0) is 27.4. The Hall–Kier alpha value is -0.358. The molecule has 0 bridgehead atoms. The van der Waals surface area contributed by atoms with Gasteiger partial charge in [0.25, 0.3) is 0 Å². The van der Waals surface area contributed by atoms with E-state index in [-0.39, 0.29) is 0 Å². The minimum absolute atomic E-state index is 0.569. The third kappa shape index (κ3) is 10.6. The topological polar surface area (TPSA) is 37.7 Å². The van der Waals surface area contributed by atoms with Crippen LogP contribution in [0.3, 0.4) is 0 Å². The van der Waals surface area contributed by atoms with E-state index in [4.69, 9.17) is 0 Å². The molecule has 4 aliphatic rings. The molecule has 37 heavy (non-hydrogen) atoms. The molecule has 4 rings (SSSR count). The first-order valence-electron chi connectivity index (χ1n) is 13.6. The molecule has 2 aliphatic carbocycles. The van der Waals surface area contributed by atoms with Crippen LogP contribution < -0.4 is 0 Å². The molecule has 2 fully saturated rings. The van der Waals surface area contributed by atoms with Crippen LogP contribution >= 0.6 is 26.9 Å². The number of halogens is 2. The summed E-state index contributed by atoms with van der Waals surface area (Å²) in [7, 11) is 0. The van der Waals surface area contributed by atoms with Gasteiger partial charge in [-0.2, -0.15) is 0 Å². The normalized spacial score (nSPS) is 31.2. The molecule has 9 heteroatoms. The van der Waals surface area contributed by atoms with Crippen molar-refractivity contribution >= 4 is 39.5 Å². The molecule has 2 heterocycles. The van der Waals surface area contributed by atoms with Crippen LogP contribution in [0.5, 0.6) is 0 Å². The van der Waals surface area contributed by atoms with E-state index in [1.807, 2.05) is 24.8 Å². The van der Waals surface area contributed by atoms with Crippen LogP contribution in [0.25, 0.3) is 0 Å². The summed E-state index contributed by atoms with van der Waals surface area (Å²) in [6, 6.07) is 1.15. The number of hydrogen-bond donors (Lipinski definition) is 0. The fraction of sp³-hybridized carbons (Fsp3) is 0.714. The zero-order valence-corrected chi connectivity index (χ0v) is 28.1. The Balaban J connectivity index is 0.000000237. The molecular formula is C28H48Br2N6Pd-2. The van der Waals surface area contributed by atoms with Gasteiger partial charge in [0.15, 0.2) is 0 Å². The summed E-state index contributed by atoms with van der Waals surface area (Å²) in [4.78, 5) is 4.18. The van der Waals surface area contributed by atoms with Crippen LogP contribution in [0.4, 0.5) is 0 Å². The van der Waals surface area contributed by atoms with E-state index in [0.717, 1.165) is 42.7 Å². The monoisotopic (exact) mass is 732 g/mol. The molecule has 0 radical (unpaired) electrons. The summed E-state index contributed by atoms with van der Waals surface area (Å²) >= 11 is 6.80. The van der Waals surface area contributed by atoms with Gasteiger partial charge in [-0.3, -0.25) is 0 Å². The fourth-order valence-electron chi connectivity index (χ4n) is 5.83. The third-order valence-corrected chi connectivity index (χ3v) is 7.96. The average Bonchev–Trinajstić information content (AvgIpc) is 3.52. The molecule has 0 aromatic heterocycles. The quantitative estimate of drug-likeness (QED) is 0.153. The van der Waals surface area contributed by atoms with E-state index in [1.165, 1.54) is 38.5 Å². The van der Waals surface area contributed by atoms with Crippen LogP contribution in [-0.2, 0) is 13.9 Å². The molecule has 0 aromatic carbocycles. The van der Waals surface area contributed by atoms with Crippen LogP contribution in [0.15, 0.2) is 35.5 Å². The molecular weight excluding hydrogens is 687 g/mol. The zero-order valence-electron chi connectivity index (χ0n) is 23.3. The molecule has 2 aliphatic heterocycles. The van der Waals surface area contributed by atoms with E-state index in [9.17, 15) is 0 Å². The maximum absolute atomic E-state index is 4.56. The molecule has 6 atom stereocenters. The Morgan fingerprint density at radius 3 is 1.81 bits per heavy atom. The second kappa shape index (κ2) is 17.4. The van der Waals surface area contributed by atoms with Gasteiger partial charge in [0, 0.05) is 25.2 Å². The first-order chi connectivity index (χ1) is 17.7. The standard InChI is InChI=1S/C15H26N3.C13H22N3.2BrH.Pd/c1-5-8-17-10-16-18(11-17)15-9-13(4)6-7-14(15)12(2)3;1-4-7-15-9-14-16(10-15)13-8-11(2)5-6-12(13)3;;;/h5,10-15H,1,6-9H2,2-4H3;4,9-13H,1,5-8H2,2-3H3;2*1H;/q2*-1;;;+2/p-2/t13-,14+,15+;11-,12-,13+;;;/m11.../s1. The first kappa shape index (κ1) is 32.9. The Kier molecular flexibility index (Phi) is 15.4. The minimum atomic E-state index is 0.569. The maximum atomic E-state index is 4.56. The predicted octanol–water partition coefficient (Wildman–Crippen LogP) is 7.68. The summed E-state index contributed by atoms with van der Waals surface area (Å²) in [6.45, 7) is 25.2. The van der Waals surface area contributed by atoms with Gasteiger partial charge >= 0.3 is 40.8 Å². The van der Waals surface area contributed by atoms with E-state index in [2.05, 4.69) is 118 Å². The van der Waals surface area contributed by atoms with Crippen LogP contribution in [0.2, 0.25) is 0 Å². The number of hydrogen-bond acceptors (Lipinski definition) is 6. The number of rotatable bonds is 7.